The fourth-order valence-electron chi connectivity index (χ4n) is 9.13. The van der Waals surface area contributed by atoms with Crippen LogP contribution in [0, 0.1) is 29.6 Å². The minimum Gasteiger partial charge on any atom is -0.507 e. The summed E-state index contributed by atoms with van der Waals surface area (Å²) >= 11 is 12.6. The number of allylic oxidation sites excluding steroid dienone is 3. The first-order chi connectivity index (χ1) is 28.5. The highest BCUT2D eigenvalue weighted by Gasteiger charge is 2.69. The Labute approximate surface area is 348 Å². The molecule has 4 aromatic rings. The number of methoxy groups -OCH3 is 1. The third-order valence-corrected chi connectivity index (χ3v) is 12.3. The Morgan fingerprint density at radius 1 is 0.950 bits per heavy atom. The normalized spacial score (nSPS) is 25.0. The number of aromatic hydroxyl groups is 2. The minimum absolute atomic E-state index is 0.0324. The quantitative estimate of drug-likeness (QED) is 0.103. The second-order valence-corrected chi connectivity index (χ2v) is 15.6. The lowest BCUT2D eigenvalue weighted by Crippen LogP contribution is -2.54. The van der Waals surface area contributed by atoms with Gasteiger partial charge < -0.3 is 20.1 Å². The maximum atomic E-state index is 15.3. The summed E-state index contributed by atoms with van der Waals surface area (Å²) in [7, 11) is 1.37. The molecule has 13 nitrogen and oxygen atoms in total. The molecule has 3 fully saturated rings. The lowest BCUT2D eigenvalue weighted by Gasteiger charge is -2.49. The van der Waals surface area contributed by atoms with Gasteiger partial charge in [0, 0.05) is 23.2 Å². The number of anilines is 2. The maximum absolute atomic E-state index is 15.3. The summed E-state index contributed by atoms with van der Waals surface area (Å²) in [5.74, 6) is -10.6. The topological polar surface area (TPSA) is 187 Å². The van der Waals surface area contributed by atoms with E-state index < -0.39 is 98.5 Å². The number of carboxylic acids is 1. The first-order valence-corrected chi connectivity index (χ1v) is 19.1. The zero-order valence-corrected chi connectivity index (χ0v) is 32.5. The standard InChI is InChI=1S/C42H31Cl2F3N4O9/c1-60-33-14-19(3-13-31(33)52)2-12-28-24-10-11-26-34(38(56)50(36(26)54)23-8-9-25(39(57)58)32(53)16-23)27(24)17-29-37(55)51(40(59)41(28,29)20-4-6-22(43)7-5-20)49-35-30(44)15-21(18-48-35)42(45,46)47/h2-10,12-16,18,26-29,34,52-53H,11,17H2,1H3,(H,48,49)(H,57,58)/t26-,27+,28-,29-,34-,41-/m0/s1. The van der Waals surface area contributed by atoms with Crippen LogP contribution in [0.25, 0.3) is 6.08 Å². The molecule has 3 aromatic carbocycles. The average molecular weight is 864 g/mol. The molecule has 0 unspecified atom stereocenters. The van der Waals surface area contributed by atoms with Crippen LogP contribution in [0.3, 0.4) is 0 Å². The van der Waals surface area contributed by atoms with E-state index in [4.69, 9.17) is 27.9 Å². The SMILES string of the molecule is COc1cc(C=C[C@H]2C3=CC[C@@H]4C(=O)N(c5ccc(C(=O)O)c(O)c5)C(=O)[C@@H]4[C@@H]3C[C@H]3C(=O)N(Nc4ncc(C(F)(F)F)cc4Cl)C(=O)[C@@]23c2ccc(Cl)cc2)ccc1O. The number of halogens is 5. The molecule has 8 rings (SSSR count). The summed E-state index contributed by atoms with van der Waals surface area (Å²) in [5, 5.41) is 30.6. The number of carboxylic acid groups (broad SMARTS) is 1. The van der Waals surface area contributed by atoms with Crippen LogP contribution >= 0.6 is 23.2 Å². The molecule has 1 saturated carbocycles. The summed E-state index contributed by atoms with van der Waals surface area (Å²) < 4.78 is 45.8. The van der Waals surface area contributed by atoms with E-state index in [1.165, 1.54) is 31.4 Å². The highest BCUT2D eigenvalue weighted by molar-refractivity contribution is 6.33. The van der Waals surface area contributed by atoms with Crippen molar-refractivity contribution in [1.29, 1.82) is 0 Å². The van der Waals surface area contributed by atoms with Crippen molar-refractivity contribution in [3.05, 3.63) is 123 Å². The predicted molar refractivity (Wildman–Crippen MR) is 209 cm³/mol. The molecular weight excluding hydrogens is 832 g/mol. The van der Waals surface area contributed by atoms with Crippen LogP contribution in [-0.2, 0) is 30.8 Å². The highest BCUT2D eigenvalue weighted by Crippen LogP contribution is 2.62. The number of aromatic carboxylic acids is 1. The van der Waals surface area contributed by atoms with Crippen molar-refractivity contribution >= 4 is 70.4 Å². The van der Waals surface area contributed by atoms with Crippen molar-refractivity contribution in [3.8, 4) is 17.2 Å². The minimum atomic E-state index is -4.79. The van der Waals surface area contributed by atoms with E-state index >= 15 is 4.79 Å². The van der Waals surface area contributed by atoms with Crippen molar-refractivity contribution < 1.29 is 57.2 Å². The van der Waals surface area contributed by atoms with Crippen LogP contribution in [-0.4, -0.2) is 62.0 Å². The van der Waals surface area contributed by atoms with E-state index in [0.717, 1.165) is 17.0 Å². The number of pyridine rings is 1. The molecule has 0 bridgehead atoms. The number of nitrogens with one attached hydrogen (secondary N) is 1. The zero-order chi connectivity index (χ0) is 43.0. The molecule has 1 aromatic heterocycles. The Kier molecular flexibility index (Phi) is 9.90. The summed E-state index contributed by atoms with van der Waals surface area (Å²) in [4.78, 5) is 75.0. The van der Waals surface area contributed by atoms with Gasteiger partial charge in [-0.1, -0.05) is 65.2 Å². The van der Waals surface area contributed by atoms with Crippen LogP contribution in [0.5, 0.6) is 17.2 Å². The molecule has 308 valence electrons. The Hall–Kier alpha value is -6.39. The Balaban J connectivity index is 1.28. The lowest BCUT2D eigenvalue weighted by atomic mass is 9.50. The fraction of sp³-hybridized carbons (Fsp3) is 0.238. The lowest BCUT2D eigenvalue weighted by molar-refractivity contribution is -0.139. The van der Waals surface area contributed by atoms with E-state index in [0.29, 0.717) is 39.0 Å². The maximum Gasteiger partial charge on any atom is 0.417 e. The number of amides is 4. The first-order valence-electron chi connectivity index (χ1n) is 18.3. The van der Waals surface area contributed by atoms with Crippen molar-refractivity contribution in [3.63, 3.8) is 0 Å². The molecule has 0 spiro atoms. The second-order valence-electron chi connectivity index (χ2n) is 14.8. The number of imide groups is 2. The molecule has 4 amide bonds. The first kappa shape index (κ1) is 40.4. The molecule has 18 heteroatoms. The van der Waals surface area contributed by atoms with Crippen LogP contribution in [0.1, 0.15) is 39.9 Å². The number of phenolic OH excluding ortho intramolecular Hbond substituents is 1. The summed E-state index contributed by atoms with van der Waals surface area (Å²) in [6, 6.07) is 14.7. The number of aromatic nitrogens is 1. The van der Waals surface area contributed by atoms with Crippen LogP contribution in [0.15, 0.2) is 90.7 Å². The molecular formula is C42H31Cl2F3N4O9. The number of carbonyl (C=O) groups excluding carboxylic acids is 4. The number of nitrogens with zero attached hydrogens (tertiary/aromatic N) is 3. The molecule has 4 N–H and O–H groups in total. The molecule has 0 radical (unpaired) electrons. The number of alkyl halides is 3. The fourth-order valence-corrected chi connectivity index (χ4v) is 9.46. The third-order valence-electron chi connectivity index (χ3n) is 11.8. The van der Waals surface area contributed by atoms with Crippen LogP contribution in [0.4, 0.5) is 24.7 Å². The number of rotatable bonds is 8. The summed E-state index contributed by atoms with van der Waals surface area (Å²) in [6.45, 7) is 0. The smallest absolute Gasteiger partial charge is 0.417 e. The summed E-state index contributed by atoms with van der Waals surface area (Å²) in [5.41, 5.74) is 0.518. The molecule has 6 atom stereocenters. The Morgan fingerprint density at radius 2 is 1.68 bits per heavy atom. The number of hydrogen-bond acceptors (Lipinski definition) is 10. The number of hydrazine groups is 1. The van der Waals surface area contributed by atoms with Gasteiger partial charge in [0.05, 0.1) is 46.6 Å². The number of fused-ring (bicyclic) bond motifs is 4. The molecule has 2 saturated heterocycles. The number of benzene rings is 3. The van der Waals surface area contributed by atoms with E-state index in [2.05, 4.69) is 10.4 Å². The van der Waals surface area contributed by atoms with Gasteiger partial charge in [-0.05, 0) is 72.4 Å². The van der Waals surface area contributed by atoms with E-state index in [1.807, 2.05) is 0 Å². The van der Waals surface area contributed by atoms with Gasteiger partial charge >= 0.3 is 12.1 Å². The predicted octanol–water partition coefficient (Wildman–Crippen LogP) is 7.26. The van der Waals surface area contributed by atoms with Gasteiger partial charge in [0.15, 0.2) is 17.3 Å². The van der Waals surface area contributed by atoms with Crippen molar-refractivity contribution in [2.45, 2.75) is 24.4 Å². The average Bonchev–Trinajstić information content (AvgIpc) is 3.58. The van der Waals surface area contributed by atoms with Crippen molar-refractivity contribution in [1.82, 2.24) is 9.99 Å². The second kappa shape index (κ2) is 14.7. The molecule has 2 aliphatic carbocycles. The Morgan fingerprint density at radius 3 is 2.33 bits per heavy atom. The third kappa shape index (κ3) is 6.32. The zero-order valence-electron chi connectivity index (χ0n) is 31.0. The van der Waals surface area contributed by atoms with E-state index in [1.54, 1.807) is 42.5 Å². The highest BCUT2D eigenvalue weighted by atomic mass is 35.5. The number of ether oxygens (including phenoxy) is 1. The van der Waals surface area contributed by atoms with Crippen LogP contribution in [0.2, 0.25) is 10.0 Å². The largest absolute Gasteiger partial charge is 0.507 e. The van der Waals surface area contributed by atoms with Gasteiger partial charge in [0.2, 0.25) is 11.8 Å². The summed E-state index contributed by atoms with van der Waals surface area (Å²) in [6.07, 6.45) is 0.702. The van der Waals surface area contributed by atoms with Crippen LogP contribution < -0.4 is 15.1 Å². The van der Waals surface area contributed by atoms with Gasteiger partial charge in [-0.2, -0.15) is 18.2 Å². The Bertz CT molecular complexity index is 2580. The van der Waals surface area contributed by atoms with Gasteiger partial charge in [-0.25, -0.2) is 14.7 Å². The van der Waals surface area contributed by atoms with Crippen molar-refractivity contribution in [2.75, 3.05) is 17.4 Å². The van der Waals surface area contributed by atoms with Gasteiger partial charge in [-0.15, -0.1) is 0 Å². The molecule has 3 heterocycles. The molecule has 4 aliphatic rings. The molecule has 60 heavy (non-hydrogen) atoms. The van der Waals surface area contributed by atoms with Gasteiger partial charge in [0.25, 0.3) is 11.8 Å². The molecule has 2 aliphatic heterocycles. The van der Waals surface area contributed by atoms with E-state index in [-0.39, 0.29) is 30.0 Å². The monoisotopic (exact) mass is 862 g/mol. The number of carbonyl (C=O) groups is 5. The number of phenols is 2. The van der Waals surface area contributed by atoms with Crippen molar-refractivity contribution in [2.24, 2.45) is 29.6 Å². The van der Waals surface area contributed by atoms with E-state index in [9.17, 15) is 47.7 Å². The van der Waals surface area contributed by atoms with Gasteiger partial charge in [0.1, 0.15) is 11.3 Å². The number of hydrogen-bond donors (Lipinski definition) is 4. The van der Waals surface area contributed by atoms with Gasteiger partial charge in [-0.3, -0.25) is 24.6 Å².